The van der Waals surface area contributed by atoms with Gasteiger partial charge in [0.05, 0.1) is 5.16 Å². The van der Waals surface area contributed by atoms with E-state index in [0.717, 1.165) is 4.61 Å². The molecule has 0 atom stereocenters. The Morgan fingerprint density at radius 3 is 2.55 bits per heavy atom. The van der Waals surface area contributed by atoms with Crippen molar-refractivity contribution < 1.29 is 0 Å². The van der Waals surface area contributed by atoms with Gasteiger partial charge in [0.2, 0.25) is 0 Å². The Kier molecular flexibility index (Phi) is 3.98. The van der Waals surface area contributed by atoms with Crippen LogP contribution in [0.4, 0.5) is 0 Å². The highest BCUT2D eigenvalue weighted by molar-refractivity contribution is 9.11. The second-order valence-corrected chi connectivity index (χ2v) is 3.59. The lowest BCUT2D eigenvalue weighted by molar-refractivity contribution is 0.597. The molecule has 0 heterocycles. The lowest BCUT2D eigenvalue weighted by Gasteiger charge is -2.13. The zero-order valence-electron chi connectivity index (χ0n) is 6.27. The maximum atomic E-state index is 4.52. The van der Waals surface area contributed by atoms with E-state index in [9.17, 15) is 0 Å². The molecule has 0 radical (unpaired) electrons. The third kappa shape index (κ3) is 2.86. The van der Waals surface area contributed by atoms with Gasteiger partial charge in [0, 0.05) is 0 Å². The molecule has 11 heavy (non-hydrogen) atoms. The average Bonchev–Trinajstić information content (AvgIpc) is 2.07. The fraction of sp³-hybridized carbons (Fsp3) is 0.625. The first-order chi connectivity index (χ1) is 5.34. The van der Waals surface area contributed by atoms with Crippen molar-refractivity contribution in [1.29, 1.82) is 0 Å². The van der Waals surface area contributed by atoms with E-state index in [-0.39, 0.29) is 0 Å². The maximum absolute atomic E-state index is 4.52. The molecule has 1 aliphatic rings. The number of hydrogen-bond acceptors (Lipinski definition) is 2. The van der Waals surface area contributed by atoms with E-state index >= 15 is 0 Å². The largest absolute Gasteiger partial charge is 0.187 e. The van der Waals surface area contributed by atoms with Gasteiger partial charge in [-0.15, -0.1) is 0 Å². The topological polar surface area (TPSA) is 12.4 Å². The summed E-state index contributed by atoms with van der Waals surface area (Å²) >= 11 is 7.90. The average molecular weight is 232 g/mol. The van der Waals surface area contributed by atoms with Crippen LogP contribution in [0, 0.1) is 0 Å². The summed E-state index contributed by atoms with van der Waals surface area (Å²) in [6.45, 7) is 0. The Labute approximate surface area is 80.7 Å². The summed E-state index contributed by atoms with van der Waals surface area (Å²) in [4.78, 5) is 3.91. The highest BCUT2D eigenvalue weighted by Crippen LogP contribution is 2.28. The first-order valence-electron chi connectivity index (χ1n) is 3.80. The van der Waals surface area contributed by atoms with E-state index < -0.39 is 0 Å². The molecule has 1 fully saturated rings. The minimum Gasteiger partial charge on any atom is -0.187 e. The lowest BCUT2D eigenvalue weighted by atomic mass is 9.96. The van der Waals surface area contributed by atoms with E-state index in [1.54, 1.807) is 0 Å². The van der Waals surface area contributed by atoms with Gasteiger partial charge >= 0.3 is 0 Å². The molecule has 1 aliphatic carbocycles. The second-order valence-electron chi connectivity index (χ2n) is 2.66. The van der Waals surface area contributed by atoms with Gasteiger partial charge in [-0.25, -0.2) is 0 Å². The number of halogens is 1. The van der Waals surface area contributed by atoms with E-state index in [1.807, 2.05) is 0 Å². The number of allylic oxidation sites excluding steroid dienone is 1. The van der Waals surface area contributed by atoms with E-state index in [2.05, 4.69) is 38.3 Å². The van der Waals surface area contributed by atoms with Crippen molar-refractivity contribution >= 4 is 33.3 Å². The van der Waals surface area contributed by atoms with Crippen LogP contribution in [0.3, 0.4) is 0 Å². The third-order valence-corrected chi connectivity index (χ3v) is 2.72. The van der Waals surface area contributed by atoms with Gasteiger partial charge in [0.1, 0.15) is 4.61 Å². The first kappa shape index (κ1) is 9.11. The molecule has 0 aromatic carbocycles. The van der Waals surface area contributed by atoms with Gasteiger partial charge in [0.25, 0.3) is 0 Å². The van der Waals surface area contributed by atoms with Crippen LogP contribution < -0.4 is 0 Å². The summed E-state index contributed by atoms with van der Waals surface area (Å²) in [6, 6.07) is 0. The van der Waals surface area contributed by atoms with Crippen molar-refractivity contribution in [1.82, 2.24) is 0 Å². The smallest absolute Gasteiger partial charge is 0.116 e. The molecular formula is C8H10BrNS. The predicted octanol–water partition coefficient (Wildman–Crippen LogP) is 3.66. The summed E-state index contributed by atoms with van der Waals surface area (Å²) < 4.78 is 0.909. The molecule has 1 saturated carbocycles. The maximum Gasteiger partial charge on any atom is 0.116 e. The molecule has 0 N–H and O–H groups in total. The number of aliphatic imine (C=N–C) groups is 1. The molecular weight excluding hydrogens is 222 g/mol. The highest BCUT2D eigenvalue weighted by Gasteiger charge is 2.08. The Hall–Kier alpha value is 0.0200. The standard InChI is InChI=1S/C8H10BrNS/c9-8(10-6-11)7-4-2-1-3-5-7/h1-5H2. The lowest BCUT2D eigenvalue weighted by Crippen LogP contribution is -1.94. The minimum absolute atomic E-state index is 0.909. The van der Waals surface area contributed by atoms with Crippen LogP contribution in [0.1, 0.15) is 32.1 Å². The van der Waals surface area contributed by atoms with E-state index in [1.165, 1.54) is 37.7 Å². The molecule has 0 saturated heterocycles. The van der Waals surface area contributed by atoms with Gasteiger partial charge < -0.3 is 0 Å². The fourth-order valence-electron chi connectivity index (χ4n) is 1.30. The Bertz CT molecular complexity index is 208. The number of nitrogens with zero attached hydrogens (tertiary/aromatic N) is 1. The number of rotatable bonds is 1. The zero-order chi connectivity index (χ0) is 8.10. The molecule has 0 aromatic rings. The van der Waals surface area contributed by atoms with Crippen LogP contribution in [-0.2, 0) is 0 Å². The van der Waals surface area contributed by atoms with Crippen LogP contribution in [0.15, 0.2) is 15.2 Å². The van der Waals surface area contributed by atoms with Crippen LogP contribution in [-0.4, -0.2) is 5.16 Å². The predicted molar refractivity (Wildman–Crippen MR) is 54.1 cm³/mol. The van der Waals surface area contributed by atoms with Crippen molar-refractivity contribution in [3.63, 3.8) is 0 Å². The van der Waals surface area contributed by atoms with E-state index in [0.29, 0.717) is 0 Å². The zero-order valence-corrected chi connectivity index (χ0v) is 8.67. The quantitative estimate of drug-likeness (QED) is 0.382. The van der Waals surface area contributed by atoms with Crippen LogP contribution >= 0.6 is 28.1 Å². The van der Waals surface area contributed by atoms with Gasteiger partial charge in [-0.3, -0.25) is 0 Å². The van der Waals surface area contributed by atoms with Crippen LogP contribution in [0.5, 0.6) is 0 Å². The normalized spacial score (nSPS) is 17.4. The molecule has 0 aromatic heterocycles. The highest BCUT2D eigenvalue weighted by atomic mass is 79.9. The Balaban J connectivity index is 2.67. The summed E-state index contributed by atoms with van der Waals surface area (Å²) in [5, 5.41) is 2.37. The number of isothiocyanates is 1. The summed E-state index contributed by atoms with van der Waals surface area (Å²) in [6.07, 6.45) is 6.27. The van der Waals surface area contributed by atoms with Crippen molar-refractivity contribution in [3.8, 4) is 0 Å². The molecule has 0 amide bonds. The molecule has 1 nitrogen and oxygen atoms in total. The van der Waals surface area contributed by atoms with Gasteiger partial charge in [-0.2, -0.15) is 4.99 Å². The Morgan fingerprint density at radius 2 is 2.00 bits per heavy atom. The molecule has 0 aliphatic heterocycles. The SMILES string of the molecule is S=C=NC(Br)=C1CCCCC1. The third-order valence-electron chi connectivity index (χ3n) is 1.89. The summed E-state index contributed by atoms with van der Waals surface area (Å²) in [5.74, 6) is 0. The molecule has 1 rings (SSSR count). The first-order valence-corrected chi connectivity index (χ1v) is 5.00. The Morgan fingerprint density at radius 1 is 1.36 bits per heavy atom. The van der Waals surface area contributed by atoms with Crippen LogP contribution in [0.25, 0.3) is 0 Å². The van der Waals surface area contributed by atoms with Gasteiger partial charge in [-0.1, -0.05) is 6.42 Å². The molecule has 0 unspecified atom stereocenters. The molecule has 0 spiro atoms. The van der Waals surface area contributed by atoms with E-state index in [4.69, 9.17) is 0 Å². The summed E-state index contributed by atoms with van der Waals surface area (Å²) in [5.41, 5.74) is 1.40. The second kappa shape index (κ2) is 4.81. The minimum atomic E-state index is 0.909. The van der Waals surface area contributed by atoms with Crippen molar-refractivity contribution in [2.24, 2.45) is 4.99 Å². The van der Waals surface area contributed by atoms with Crippen molar-refractivity contribution in [3.05, 3.63) is 10.2 Å². The fourth-order valence-corrected chi connectivity index (χ4v) is 2.00. The van der Waals surface area contributed by atoms with Gasteiger partial charge in [0.15, 0.2) is 0 Å². The number of thiocarbonyl (C=S) groups is 1. The molecule has 3 heteroatoms. The van der Waals surface area contributed by atoms with Gasteiger partial charge in [-0.05, 0) is 59.4 Å². The van der Waals surface area contributed by atoms with Crippen molar-refractivity contribution in [2.75, 3.05) is 0 Å². The van der Waals surface area contributed by atoms with Crippen LogP contribution in [0.2, 0.25) is 0 Å². The number of hydrogen-bond donors (Lipinski definition) is 0. The molecule has 60 valence electrons. The summed E-state index contributed by atoms with van der Waals surface area (Å²) in [7, 11) is 0. The monoisotopic (exact) mass is 231 g/mol. The van der Waals surface area contributed by atoms with Crippen molar-refractivity contribution in [2.45, 2.75) is 32.1 Å². The molecule has 0 bridgehead atoms.